The number of benzene rings is 2. The van der Waals surface area contributed by atoms with Gasteiger partial charge in [-0.3, -0.25) is 0 Å². The average Bonchev–Trinajstić information content (AvgIpc) is 2.81. The summed E-state index contributed by atoms with van der Waals surface area (Å²) in [7, 11) is 0. The molecule has 0 radical (unpaired) electrons. The number of nitrogens with zero attached hydrogens (tertiary/aromatic N) is 1. The van der Waals surface area contributed by atoms with E-state index >= 15 is 0 Å². The third-order valence-electron chi connectivity index (χ3n) is 5.85. The van der Waals surface area contributed by atoms with Crippen molar-refractivity contribution >= 4 is 0 Å². The summed E-state index contributed by atoms with van der Waals surface area (Å²) in [4.78, 5) is 2.07. The molecule has 3 rings (SSSR count). The second kappa shape index (κ2) is 12.5. The molecule has 35 heavy (non-hydrogen) atoms. The second-order valence-electron chi connectivity index (χ2n) is 8.87. The van der Waals surface area contributed by atoms with Crippen LogP contribution in [0.15, 0.2) is 42.5 Å². The molecule has 10 heteroatoms. The normalized spacial score (nSPS) is 17.2. The van der Waals surface area contributed by atoms with Crippen LogP contribution in [0.4, 0.5) is 17.6 Å². The van der Waals surface area contributed by atoms with E-state index in [-0.39, 0.29) is 25.0 Å². The molecule has 0 aliphatic carbocycles. The maximum atomic E-state index is 13.6. The maximum Gasteiger partial charge on any atom is 0.419 e. The quantitative estimate of drug-likeness (QED) is 0.411. The molecule has 0 bridgehead atoms. The highest BCUT2D eigenvalue weighted by Crippen LogP contribution is 2.32. The lowest BCUT2D eigenvalue weighted by molar-refractivity contribution is -0.140. The zero-order valence-electron chi connectivity index (χ0n) is 19.6. The van der Waals surface area contributed by atoms with Gasteiger partial charge in [-0.15, -0.1) is 0 Å². The van der Waals surface area contributed by atoms with Gasteiger partial charge in [0.2, 0.25) is 0 Å². The van der Waals surface area contributed by atoms with Gasteiger partial charge in [0.15, 0.2) is 0 Å². The van der Waals surface area contributed by atoms with Crippen LogP contribution in [0.5, 0.6) is 11.5 Å². The Hall–Kier alpha value is -2.40. The van der Waals surface area contributed by atoms with Gasteiger partial charge < -0.3 is 29.9 Å². The van der Waals surface area contributed by atoms with E-state index in [9.17, 15) is 27.8 Å². The predicted octanol–water partition coefficient (Wildman–Crippen LogP) is 3.39. The summed E-state index contributed by atoms with van der Waals surface area (Å²) in [5, 5.41) is 23.7. The van der Waals surface area contributed by atoms with Crippen molar-refractivity contribution in [1.82, 2.24) is 10.2 Å². The van der Waals surface area contributed by atoms with Gasteiger partial charge in [-0.25, -0.2) is 4.39 Å². The fraction of sp³-hybridized carbons (Fsp3) is 0.520. The molecule has 2 atom stereocenters. The minimum atomic E-state index is -4.77. The second-order valence-corrected chi connectivity index (χ2v) is 8.87. The van der Waals surface area contributed by atoms with E-state index in [2.05, 4.69) is 10.2 Å². The topological polar surface area (TPSA) is 74.2 Å². The molecule has 1 fully saturated rings. The molecule has 194 valence electrons. The van der Waals surface area contributed by atoms with Crippen LogP contribution in [-0.4, -0.2) is 72.8 Å². The molecule has 2 aromatic carbocycles. The fourth-order valence-electron chi connectivity index (χ4n) is 3.87. The lowest BCUT2D eigenvalue weighted by atomic mass is 10.0. The number of aryl methyl sites for hydroxylation is 1. The van der Waals surface area contributed by atoms with Crippen molar-refractivity contribution in [2.75, 3.05) is 39.4 Å². The molecule has 0 unspecified atom stereocenters. The van der Waals surface area contributed by atoms with Crippen molar-refractivity contribution in [3.63, 3.8) is 0 Å². The van der Waals surface area contributed by atoms with Crippen LogP contribution in [0.1, 0.15) is 24.0 Å². The number of hydrogen-bond acceptors (Lipinski definition) is 6. The van der Waals surface area contributed by atoms with Crippen molar-refractivity contribution < 1.29 is 37.2 Å². The standard InChI is InChI=1S/C25H32F4N2O4/c1-17-2-4-21(5-3-17)34-15-19(32)13-30-18-8-10-31(11-9-18)14-20(33)16-35-22-6-7-23(24(26)12-22)25(27,28)29/h2-7,12,18-20,30,32-33H,8-11,13-16H2,1H3/t19-,20-/m1/s1. The van der Waals surface area contributed by atoms with Crippen molar-refractivity contribution in [2.24, 2.45) is 0 Å². The van der Waals surface area contributed by atoms with Crippen LogP contribution in [0.2, 0.25) is 0 Å². The van der Waals surface area contributed by atoms with Gasteiger partial charge in [0, 0.05) is 25.2 Å². The largest absolute Gasteiger partial charge is 0.491 e. The highest BCUT2D eigenvalue weighted by Gasteiger charge is 2.34. The van der Waals surface area contributed by atoms with E-state index < -0.39 is 29.8 Å². The summed E-state index contributed by atoms with van der Waals surface area (Å²) in [6.45, 7) is 4.26. The van der Waals surface area contributed by atoms with E-state index in [0.717, 1.165) is 37.6 Å². The first kappa shape index (κ1) is 27.2. The minimum Gasteiger partial charge on any atom is -0.491 e. The molecule has 0 amide bonds. The number of β-amino-alcohol motifs (C(OH)–C–C–N with tert-alkyl or cyclic N) is 1. The highest BCUT2D eigenvalue weighted by atomic mass is 19.4. The number of piperidine rings is 1. The Bertz CT molecular complexity index is 919. The Morgan fingerprint density at radius 1 is 0.971 bits per heavy atom. The van der Waals surface area contributed by atoms with Gasteiger partial charge in [0.25, 0.3) is 0 Å². The van der Waals surface area contributed by atoms with E-state index in [1.54, 1.807) is 0 Å². The van der Waals surface area contributed by atoms with Crippen LogP contribution in [0, 0.1) is 12.7 Å². The van der Waals surface area contributed by atoms with Crippen molar-refractivity contribution in [3.8, 4) is 11.5 Å². The molecule has 6 nitrogen and oxygen atoms in total. The fourth-order valence-corrected chi connectivity index (χ4v) is 3.87. The Kier molecular flexibility index (Phi) is 9.73. The first-order chi connectivity index (χ1) is 16.6. The van der Waals surface area contributed by atoms with Gasteiger partial charge in [0.1, 0.15) is 42.7 Å². The van der Waals surface area contributed by atoms with Crippen LogP contribution >= 0.6 is 0 Å². The highest BCUT2D eigenvalue weighted by molar-refractivity contribution is 5.30. The average molecular weight is 501 g/mol. The van der Waals surface area contributed by atoms with Crippen LogP contribution < -0.4 is 14.8 Å². The summed E-state index contributed by atoms with van der Waals surface area (Å²) in [6, 6.07) is 10.2. The summed E-state index contributed by atoms with van der Waals surface area (Å²) in [5.74, 6) is -0.762. The summed E-state index contributed by atoms with van der Waals surface area (Å²) in [5.41, 5.74) is -0.214. The molecule has 0 aromatic heterocycles. The van der Waals surface area contributed by atoms with Crippen molar-refractivity contribution in [3.05, 3.63) is 59.4 Å². The lowest BCUT2D eigenvalue weighted by Crippen LogP contribution is -2.47. The smallest absolute Gasteiger partial charge is 0.419 e. The first-order valence-electron chi connectivity index (χ1n) is 11.6. The Morgan fingerprint density at radius 2 is 1.57 bits per heavy atom. The third-order valence-corrected chi connectivity index (χ3v) is 5.85. The molecule has 1 saturated heterocycles. The summed E-state index contributed by atoms with van der Waals surface area (Å²) < 4.78 is 62.4. The number of likely N-dealkylation sites (tertiary alicyclic amines) is 1. The van der Waals surface area contributed by atoms with Gasteiger partial charge in [0.05, 0.1) is 5.56 Å². The molecule has 1 heterocycles. The van der Waals surface area contributed by atoms with Crippen molar-refractivity contribution in [2.45, 2.75) is 44.2 Å². The number of rotatable bonds is 11. The minimum absolute atomic E-state index is 0.0672. The number of nitrogens with one attached hydrogen (secondary N) is 1. The van der Waals surface area contributed by atoms with Crippen molar-refractivity contribution in [1.29, 1.82) is 0 Å². The summed E-state index contributed by atoms with van der Waals surface area (Å²) in [6.07, 6.45) is -4.60. The number of alkyl halides is 3. The molecule has 0 spiro atoms. The number of aliphatic hydroxyl groups excluding tert-OH is 2. The van der Waals surface area contributed by atoms with Crippen LogP contribution in [-0.2, 0) is 6.18 Å². The monoisotopic (exact) mass is 500 g/mol. The number of aliphatic hydroxyl groups is 2. The zero-order valence-corrected chi connectivity index (χ0v) is 19.6. The Morgan fingerprint density at radius 3 is 2.20 bits per heavy atom. The molecule has 2 aromatic rings. The maximum absolute atomic E-state index is 13.6. The van der Waals surface area contributed by atoms with Gasteiger partial charge >= 0.3 is 6.18 Å². The van der Waals surface area contributed by atoms with Crippen LogP contribution in [0.3, 0.4) is 0 Å². The predicted molar refractivity (Wildman–Crippen MR) is 123 cm³/mol. The number of hydrogen-bond donors (Lipinski definition) is 3. The van der Waals surface area contributed by atoms with E-state index in [1.165, 1.54) is 0 Å². The lowest BCUT2D eigenvalue weighted by Gasteiger charge is -2.33. The summed E-state index contributed by atoms with van der Waals surface area (Å²) >= 11 is 0. The van der Waals surface area contributed by atoms with E-state index in [0.29, 0.717) is 31.0 Å². The van der Waals surface area contributed by atoms with Crippen LogP contribution in [0.25, 0.3) is 0 Å². The zero-order chi connectivity index (χ0) is 25.4. The van der Waals surface area contributed by atoms with Gasteiger partial charge in [-0.2, -0.15) is 13.2 Å². The first-order valence-corrected chi connectivity index (χ1v) is 11.6. The Balaban J connectivity index is 1.30. The van der Waals surface area contributed by atoms with E-state index in [4.69, 9.17) is 9.47 Å². The third kappa shape index (κ3) is 8.96. The SMILES string of the molecule is Cc1ccc(OC[C@H](O)CNC2CCN(C[C@@H](O)COc3ccc(C(F)(F)F)c(F)c3)CC2)cc1. The molecule has 1 aliphatic rings. The molecule has 3 N–H and O–H groups in total. The Labute approximate surface area is 202 Å². The molecular weight excluding hydrogens is 468 g/mol. The van der Waals surface area contributed by atoms with Gasteiger partial charge in [-0.05, 0) is 57.1 Å². The molecule has 0 saturated carbocycles. The molecule has 1 aliphatic heterocycles. The van der Waals surface area contributed by atoms with E-state index in [1.807, 2.05) is 31.2 Å². The number of halogens is 4. The molecular formula is C25H32F4N2O4. The number of ether oxygens (including phenoxy) is 2. The van der Waals surface area contributed by atoms with Gasteiger partial charge in [-0.1, -0.05) is 17.7 Å².